The van der Waals surface area contributed by atoms with Crippen molar-refractivity contribution in [3.8, 4) is 0 Å². The van der Waals surface area contributed by atoms with Gasteiger partial charge in [0, 0.05) is 36.7 Å². The summed E-state index contributed by atoms with van der Waals surface area (Å²) in [4.78, 5) is 2.62. The summed E-state index contributed by atoms with van der Waals surface area (Å²) >= 11 is 2.14. The van der Waals surface area contributed by atoms with Gasteiger partial charge in [-0.15, -0.1) is 0 Å². The number of nitrogens with one attached hydrogen (secondary N) is 1. The maximum absolute atomic E-state index is 3.58. The Morgan fingerprint density at radius 2 is 1.87 bits per heavy atom. The molecule has 0 aromatic rings. The van der Waals surface area contributed by atoms with E-state index in [1.165, 1.54) is 45.6 Å². The zero-order valence-corrected chi connectivity index (χ0v) is 10.9. The van der Waals surface area contributed by atoms with E-state index in [0.29, 0.717) is 0 Å². The Hall–Kier alpha value is 0.270. The summed E-state index contributed by atoms with van der Waals surface area (Å²) in [6.45, 7) is 10.9. The maximum atomic E-state index is 3.58. The molecule has 2 aliphatic rings. The van der Waals surface area contributed by atoms with Gasteiger partial charge in [-0.1, -0.05) is 13.8 Å². The van der Waals surface area contributed by atoms with E-state index in [1.54, 1.807) is 0 Å². The van der Waals surface area contributed by atoms with Gasteiger partial charge in [-0.05, 0) is 25.3 Å². The van der Waals surface area contributed by atoms with Crippen molar-refractivity contribution in [1.82, 2.24) is 10.2 Å². The van der Waals surface area contributed by atoms with Crippen molar-refractivity contribution in [3.05, 3.63) is 0 Å². The van der Waals surface area contributed by atoms with Crippen molar-refractivity contribution in [2.45, 2.75) is 37.2 Å². The standard InChI is InChI=1S/C12H24N2S/c1-10-8-14(9-11(2)15-10)6-5-13-7-12-3-4-12/h10-13H,3-9H2,1-2H3. The first kappa shape index (κ1) is 11.7. The van der Waals surface area contributed by atoms with Crippen molar-refractivity contribution in [2.75, 3.05) is 32.7 Å². The largest absolute Gasteiger partial charge is 0.315 e. The molecule has 2 nitrogen and oxygen atoms in total. The van der Waals surface area contributed by atoms with Crippen LogP contribution in [0.3, 0.4) is 0 Å². The van der Waals surface area contributed by atoms with Gasteiger partial charge in [-0.3, -0.25) is 4.90 Å². The Morgan fingerprint density at radius 3 is 2.47 bits per heavy atom. The Balaban J connectivity index is 1.56. The second-order valence-corrected chi connectivity index (χ2v) is 7.05. The Labute approximate surface area is 98.2 Å². The zero-order chi connectivity index (χ0) is 10.7. The van der Waals surface area contributed by atoms with Crippen molar-refractivity contribution in [2.24, 2.45) is 5.92 Å². The van der Waals surface area contributed by atoms with Crippen LogP contribution in [0.25, 0.3) is 0 Å². The third-order valence-corrected chi connectivity index (χ3v) is 4.46. The van der Waals surface area contributed by atoms with Crippen LogP contribution in [-0.2, 0) is 0 Å². The first-order valence-electron chi connectivity index (χ1n) is 6.32. The highest BCUT2D eigenvalue weighted by Crippen LogP contribution is 2.27. The minimum atomic E-state index is 0.817. The summed E-state index contributed by atoms with van der Waals surface area (Å²) in [5, 5.41) is 5.21. The van der Waals surface area contributed by atoms with Gasteiger partial charge in [-0.2, -0.15) is 11.8 Å². The van der Waals surface area contributed by atoms with E-state index < -0.39 is 0 Å². The molecule has 1 saturated heterocycles. The molecule has 0 radical (unpaired) electrons. The zero-order valence-electron chi connectivity index (χ0n) is 10.0. The van der Waals surface area contributed by atoms with Crippen LogP contribution in [0.2, 0.25) is 0 Å². The van der Waals surface area contributed by atoms with Crippen molar-refractivity contribution >= 4 is 11.8 Å². The van der Waals surface area contributed by atoms with Crippen LogP contribution < -0.4 is 5.32 Å². The lowest BCUT2D eigenvalue weighted by Gasteiger charge is -2.34. The first-order chi connectivity index (χ1) is 7.24. The first-order valence-corrected chi connectivity index (χ1v) is 7.27. The fourth-order valence-electron chi connectivity index (χ4n) is 2.33. The third-order valence-electron chi connectivity index (χ3n) is 3.23. The molecule has 2 unspecified atom stereocenters. The van der Waals surface area contributed by atoms with E-state index in [-0.39, 0.29) is 0 Å². The summed E-state index contributed by atoms with van der Waals surface area (Å²) in [6, 6.07) is 0. The molecule has 0 spiro atoms. The molecule has 1 aliphatic carbocycles. The third kappa shape index (κ3) is 4.33. The molecule has 0 amide bonds. The van der Waals surface area contributed by atoms with E-state index in [0.717, 1.165) is 16.4 Å². The minimum Gasteiger partial charge on any atom is -0.315 e. The molecule has 1 aliphatic heterocycles. The fraction of sp³-hybridized carbons (Fsp3) is 1.00. The Morgan fingerprint density at radius 1 is 1.20 bits per heavy atom. The molecule has 2 fully saturated rings. The summed E-state index contributed by atoms with van der Waals surface area (Å²) < 4.78 is 0. The number of hydrogen-bond donors (Lipinski definition) is 1. The topological polar surface area (TPSA) is 15.3 Å². The van der Waals surface area contributed by atoms with Crippen molar-refractivity contribution < 1.29 is 0 Å². The number of nitrogens with zero attached hydrogens (tertiary/aromatic N) is 1. The second kappa shape index (κ2) is 5.55. The lowest BCUT2D eigenvalue weighted by Crippen LogP contribution is -2.43. The van der Waals surface area contributed by atoms with Gasteiger partial charge in [0.1, 0.15) is 0 Å². The Bertz CT molecular complexity index is 184. The highest BCUT2D eigenvalue weighted by molar-refractivity contribution is 8.00. The highest BCUT2D eigenvalue weighted by Gasteiger charge is 2.22. The van der Waals surface area contributed by atoms with Crippen LogP contribution in [0, 0.1) is 5.92 Å². The van der Waals surface area contributed by atoms with E-state index in [2.05, 4.69) is 35.8 Å². The van der Waals surface area contributed by atoms with Crippen LogP contribution in [-0.4, -0.2) is 48.1 Å². The van der Waals surface area contributed by atoms with Crippen LogP contribution in [0.4, 0.5) is 0 Å². The molecule has 3 heteroatoms. The van der Waals surface area contributed by atoms with E-state index in [1.807, 2.05) is 0 Å². The maximum Gasteiger partial charge on any atom is 0.0149 e. The summed E-state index contributed by atoms with van der Waals surface area (Å²) in [5.41, 5.74) is 0. The molecule has 15 heavy (non-hydrogen) atoms. The molecule has 2 atom stereocenters. The molecular weight excluding hydrogens is 204 g/mol. The van der Waals surface area contributed by atoms with Crippen LogP contribution >= 0.6 is 11.8 Å². The van der Waals surface area contributed by atoms with E-state index in [9.17, 15) is 0 Å². The van der Waals surface area contributed by atoms with E-state index in [4.69, 9.17) is 0 Å². The average Bonchev–Trinajstić information content (AvgIpc) is 2.94. The molecule has 1 N–H and O–H groups in total. The van der Waals surface area contributed by atoms with Gasteiger partial charge in [-0.25, -0.2) is 0 Å². The SMILES string of the molecule is CC1CN(CCNCC2CC2)CC(C)S1. The van der Waals surface area contributed by atoms with Crippen LogP contribution in [0.5, 0.6) is 0 Å². The molecule has 88 valence electrons. The second-order valence-electron chi connectivity index (χ2n) is 5.16. The number of thioether (sulfide) groups is 1. The molecule has 2 rings (SSSR count). The molecular formula is C12H24N2S. The fourth-order valence-corrected chi connectivity index (χ4v) is 3.72. The van der Waals surface area contributed by atoms with Crippen molar-refractivity contribution in [1.29, 1.82) is 0 Å². The molecule has 0 aromatic heterocycles. The minimum absolute atomic E-state index is 0.817. The van der Waals surface area contributed by atoms with Gasteiger partial charge in [0.25, 0.3) is 0 Å². The predicted molar refractivity (Wildman–Crippen MR) is 68.5 cm³/mol. The molecule has 1 heterocycles. The summed E-state index contributed by atoms with van der Waals surface area (Å²) in [7, 11) is 0. The lowest BCUT2D eigenvalue weighted by atomic mass is 10.3. The highest BCUT2D eigenvalue weighted by atomic mass is 32.2. The molecule has 0 aromatic carbocycles. The van der Waals surface area contributed by atoms with Gasteiger partial charge in [0.2, 0.25) is 0 Å². The lowest BCUT2D eigenvalue weighted by molar-refractivity contribution is 0.270. The molecule has 0 bridgehead atoms. The summed E-state index contributed by atoms with van der Waals surface area (Å²) in [5.74, 6) is 1.01. The average molecular weight is 228 g/mol. The van der Waals surface area contributed by atoms with Crippen LogP contribution in [0.15, 0.2) is 0 Å². The van der Waals surface area contributed by atoms with Crippen molar-refractivity contribution in [3.63, 3.8) is 0 Å². The summed E-state index contributed by atoms with van der Waals surface area (Å²) in [6.07, 6.45) is 2.92. The predicted octanol–water partition coefficient (Wildman–Crippen LogP) is 1.81. The number of hydrogen-bond acceptors (Lipinski definition) is 3. The quantitative estimate of drug-likeness (QED) is 0.723. The normalized spacial score (nSPS) is 33.2. The van der Waals surface area contributed by atoms with Gasteiger partial charge < -0.3 is 5.32 Å². The van der Waals surface area contributed by atoms with Gasteiger partial charge in [0.05, 0.1) is 0 Å². The number of rotatable bonds is 5. The smallest absolute Gasteiger partial charge is 0.0149 e. The monoisotopic (exact) mass is 228 g/mol. The molecule has 1 saturated carbocycles. The van der Waals surface area contributed by atoms with Gasteiger partial charge in [0.15, 0.2) is 0 Å². The van der Waals surface area contributed by atoms with E-state index >= 15 is 0 Å². The van der Waals surface area contributed by atoms with Crippen LogP contribution in [0.1, 0.15) is 26.7 Å². The van der Waals surface area contributed by atoms with Gasteiger partial charge >= 0.3 is 0 Å². The Kier molecular flexibility index (Phi) is 4.35.